The average molecular weight is 351 g/mol. The second-order valence-electron chi connectivity index (χ2n) is 6.55. The first kappa shape index (κ1) is 16.4. The summed E-state index contributed by atoms with van der Waals surface area (Å²) in [6.45, 7) is 1.38. The third-order valence-electron chi connectivity index (χ3n) is 5.04. The second-order valence-corrected chi connectivity index (χ2v) is 6.55. The van der Waals surface area contributed by atoms with Crippen molar-refractivity contribution in [2.75, 3.05) is 11.4 Å². The zero-order chi connectivity index (χ0) is 18.3. The Morgan fingerprint density at radius 3 is 2.38 bits per heavy atom. The van der Waals surface area contributed by atoms with Crippen molar-refractivity contribution >= 4 is 23.2 Å². The maximum absolute atomic E-state index is 12.9. The Labute approximate surface area is 150 Å². The number of hydrogen-bond acceptors (Lipinski definition) is 5. The van der Waals surface area contributed by atoms with E-state index in [0.29, 0.717) is 12.2 Å². The lowest BCUT2D eigenvalue weighted by molar-refractivity contribution is -0.384. The van der Waals surface area contributed by atoms with E-state index in [-0.39, 0.29) is 23.9 Å². The van der Waals surface area contributed by atoms with Crippen LogP contribution >= 0.6 is 0 Å². The fourth-order valence-corrected chi connectivity index (χ4v) is 3.68. The second kappa shape index (κ2) is 6.34. The molecule has 1 fully saturated rings. The van der Waals surface area contributed by atoms with Gasteiger partial charge in [0.25, 0.3) is 11.6 Å². The summed E-state index contributed by atoms with van der Waals surface area (Å²) >= 11 is 0. The zero-order valence-electron chi connectivity index (χ0n) is 14.0. The molecule has 7 heteroatoms. The van der Waals surface area contributed by atoms with E-state index in [1.54, 1.807) is 0 Å². The largest absolute Gasteiger partial charge is 0.287 e. The van der Waals surface area contributed by atoms with Crippen LogP contribution in [0.2, 0.25) is 0 Å². The van der Waals surface area contributed by atoms with Crippen LogP contribution in [0.15, 0.2) is 48.5 Å². The summed E-state index contributed by atoms with van der Waals surface area (Å²) < 4.78 is 0. The standard InChI is InChI=1S/C19H17N3O4/c23-18-11-17(20-10-9-13-3-1-2-4-14(13)12-20)19(24)21(18)15-5-7-16(8-6-15)22(25)26/h1-8,17H,9-12H2/t17-/m0/s1. The Morgan fingerprint density at radius 2 is 1.69 bits per heavy atom. The van der Waals surface area contributed by atoms with E-state index in [2.05, 4.69) is 12.1 Å². The van der Waals surface area contributed by atoms with Crippen molar-refractivity contribution in [3.63, 3.8) is 0 Å². The van der Waals surface area contributed by atoms with Crippen molar-refractivity contribution in [2.45, 2.75) is 25.4 Å². The van der Waals surface area contributed by atoms with Crippen LogP contribution in [0.1, 0.15) is 17.5 Å². The lowest BCUT2D eigenvalue weighted by atomic mass is 9.98. The molecule has 2 aliphatic rings. The van der Waals surface area contributed by atoms with Crippen molar-refractivity contribution in [3.05, 3.63) is 69.8 Å². The molecule has 0 radical (unpaired) electrons. The number of carbonyl (C=O) groups is 2. The van der Waals surface area contributed by atoms with E-state index in [1.807, 2.05) is 17.0 Å². The lowest BCUT2D eigenvalue weighted by Gasteiger charge is -2.32. The molecule has 0 bridgehead atoms. The number of nitro benzene ring substituents is 1. The number of nitrogens with zero attached hydrogens (tertiary/aromatic N) is 3. The molecule has 2 aromatic rings. The molecule has 0 aliphatic carbocycles. The van der Waals surface area contributed by atoms with Gasteiger partial charge < -0.3 is 0 Å². The molecule has 1 atom stereocenters. The number of fused-ring (bicyclic) bond motifs is 1. The van der Waals surface area contributed by atoms with Crippen LogP contribution < -0.4 is 4.90 Å². The van der Waals surface area contributed by atoms with E-state index < -0.39 is 11.0 Å². The van der Waals surface area contributed by atoms with Crippen molar-refractivity contribution in [2.24, 2.45) is 0 Å². The lowest BCUT2D eigenvalue weighted by Crippen LogP contribution is -2.44. The van der Waals surface area contributed by atoms with Gasteiger partial charge in [0, 0.05) is 25.2 Å². The number of rotatable bonds is 3. The molecule has 26 heavy (non-hydrogen) atoms. The number of imide groups is 1. The summed E-state index contributed by atoms with van der Waals surface area (Å²) in [6, 6.07) is 13.2. The summed E-state index contributed by atoms with van der Waals surface area (Å²) in [7, 11) is 0. The molecular formula is C19H17N3O4. The molecule has 0 saturated carbocycles. The predicted molar refractivity (Wildman–Crippen MR) is 94.6 cm³/mol. The van der Waals surface area contributed by atoms with E-state index in [0.717, 1.165) is 17.9 Å². The number of non-ortho nitro benzene ring substituents is 1. The summed E-state index contributed by atoms with van der Waals surface area (Å²) in [5, 5.41) is 10.8. The minimum Gasteiger partial charge on any atom is -0.287 e. The summed E-state index contributed by atoms with van der Waals surface area (Å²) in [5.74, 6) is -0.532. The number of hydrogen-bond donors (Lipinski definition) is 0. The first-order valence-corrected chi connectivity index (χ1v) is 8.46. The molecule has 0 N–H and O–H groups in total. The number of carbonyl (C=O) groups excluding carboxylic acids is 2. The Bertz CT molecular complexity index is 894. The maximum atomic E-state index is 12.9. The Kier molecular flexibility index (Phi) is 4.00. The predicted octanol–water partition coefficient (Wildman–Crippen LogP) is 2.29. The van der Waals surface area contributed by atoms with Crippen LogP contribution in [0.25, 0.3) is 0 Å². The highest BCUT2D eigenvalue weighted by Gasteiger charge is 2.43. The summed E-state index contributed by atoms with van der Waals surface area (Å²) in [5.41, 5.74) is 2.78. The SMILES string of the molecule is O=C1C[C@H](N2CCc3ccccc3C2)C(=O)N1c1ccc([N+](=O)[O-])cc1. The minimum absolute atomic E-state index is 0.0722. The molecule has 0 spiro atoms. The van der Waals surface area contributed by atoms with Crippen molar-refractivity contribution in [3.8, 4) is 0 Å². The van der Waals surface area contributed by atoms with Crippen molar-refractivity contribution in [1.82, 2.24) is 4.90 Å². The smallest absolute Gasteiger partial charge is 0.269 e. The van der Waals surface area contributed by atoms with Gasteiger partial charge in [-0.05, 0) is 29.7 Å². The maximum Gasteiger partial charge on any atom is 0.269 e. The van der Waals surface area contributed by atoms with Crippen LogP contribution in [0.4, 0.5) is 11.4 Å². The van der Waals surface area contributed by atoms with Crippen LogP contribution in [0, 0.1) is 10.1 Å². The molecule has 4 rings (SSSR count). The number of nitro groups is 1. The van der Waals surface area contributed by atoms with Gasteiger partial charge in [-0.2, -0.15) is 0 Å². The quantitative estimate of drug-likeness (QED) is 0.481. The molecule has 0 aromatic heterocycles. The Hall–Kier alpha value is -3.06. The van der Waals surface area contributed by atoms with Gasteiger partial charge in [-0.1, -0.05) is 24.3 Å². The van der Waals surface area contributed by atoms with E-state index >= 15 is 0 Å². The van der Waals surface area contributed by atoms with Gasteiger partial charge in [-0.3, -0.25) is 24.6 Å². The van der Waals surface area contributed by atoms with Gasteiger partial charge in [0.15, 0.2) is 0 Å². The third-order valence-corrected chi connectivity index (χ3v) is 5.04. The van der Waals surface area contributed by atoms with Crippen LogP contribution in [-0.4, -0.2) is 34.2 Å². The van der Waals surface area contributed by atoms with E-state index in [9.17, 15) is 19.7 Å². The molecule has 2 heterocycles. The topological polar surface area (TPSA) is 83.8 Å². The van der Waals surface area contributed by atoms with Gasteiger partial charge in [-0.15, -0.1) is 0 Å². The molecule has 7 nitrogen and oxygen atoms in total. The van der Waals surface area contributed by atoms with Gasteiger partial charge in [0.2, 0.25) is 5.91 Å². The summed E-state index contributed by atoms with van der Waals surface area (Å²) in [4.78, 5) is 38.8. The van der Waals surface area contributed by atoms with Gasteiger partial charge in [0.1, 0.15) is 0 Å². The van der Waals surface area contributed by atoms with Crippen LogP contribution in [0.5, 0.6) is 0 Å². The van der Waals surface area contributed by atoms with Crippen molar-refractivity contribution < 1.29 is 14.5 Å². The molecule has 2 amide bonds. The van der Waals surface area contributed by atoms with Crippen LogP contribution in [-0.2, 0) is 22.6 Å². The zero-order valence-corrected chi connectivity index (χ0v) is 14.0. The molecule has 2 aromatic carbocycles. The Morgan fingerprint density at radius 1 is 1.00 bits per heavy atom. The average Bonchev–Trinajstić information content (AvgIpc) is 2.95. The Balaban J connectivity index is 1.55. The fraction of sp³-hybridized carbons (Fsp3) is 0.263. The van der Waals surface area contributed by atoms with E-state index in [1.165, 1.54) is 35.4 Å². The third kappa shape index (κ3) is 2.76. The molecule has 0 unspecified atom stereocenters. The normalized spacial score (nSPS) is 20.3. The first-order valence-electron chi connectivity index (χ1n) is 8.46. The number of anilines is 1. The van der Waals surface area contributed by atoms with Gasteiger partial charge in [0.05, 0.1) is 23.1 Å². The van der Waals surface area contributed by atoms with Crippen LogP contribution in [0.3, 0.4) is 0 Å². The fourth-order valence-electron chi connectivity index (χ4n) is 3.68. The van der Waals surface area contributed by atoms with Gasteiger partial charge in [-0.25, -0.2) is 4.90 Å². The highest BCUT2D eigenvalue weighted by Crippen LogP contribution is 2.30. The highest BCUT2D eigenvalue weighted by atomic mass is 16.6. The molecule has 2 aliphatic heterocycles. The number of benzene rings is 2. The summed E-state index contributed by atoms with van der Waals surface area (Å²) in [6.07, 6.45) is 0.990. The molecule has 1 saturated heterocycles. The highest BCUT2D eigenvalue weighted by molar-refractivity contribution is 6.22. The van der Waals surface area contributed by atoms with E-state index in [4.69, 9.17) is 0 Å². The molecule has 132 valence electrons. The molecular weight excluding hydrogens is 334 g/mol. The number of amides is 2. The monoisotopic (exact) mass is 351 g/mol. The van der Waals surface area contributed by atoms with Gasteiger partial charge >= 0.3 is 0 Å². The van der Waals surface area contributed by atoms with Crippen molar-refractivity contribution in [1.29, 1.82) is 0 Å². The first-order chi connectivity index (χ1) is 12.5. The minimum atomic E-state index is -0.509.